The van der Waals surface area contributed by atoms with E-state index in [1.54, 1.807) is 0 Å². The minimum atomic E-state index is 0.0255. The summed E-state index contributed by atoms with van der Waals surface area (Å²) in [6, 6.07) is 0. The zero-order valence-electron chi connectivity index (χ0n) is 10.6. The van der Waals surface area contributed by atoms with E-state index in [2.05, 4.69) is 27.7 Å². The molecule has 0 saturated carbocycles. The van der Waals surface area contributed by atoms with Crippen LogP contribution in [0.15, 0.2) is 0 Å². The molecule has 0 spiro atoms. The van der Waals surface area contributed by atoms with Crippen LogP contribution in [-0.2, 0) is 0 Å². The Morgan fingerprint density at radius 3 is 2.21 bits per heavy atom. The fraction of sp³-hybridized carbons (Fsp3) is 1.00. The van der Waals surface area contributed by atoms with E-state index in [4.69, 9.17) is 5.73 Å². The lowest BCUT2D eigenvalue weighted by molar-refractivity contribution is 0.377. The molecule has 1 unspecified atom stereocenters. The van der Waals surface area contributed by atoms with Crippen molar-refractivity contribution in [1.29, 1.82) is 0 Å². The number of hydrogen-bond acceptors (Lipinski definition) is 1. The summed E-state index contributed by atoms with van der Waals surface area (Å²) in [5.41, 5.74) is 5.99. The van der Waals surface area contributed by atoms with Crippen LogP contribution in [0.25, 0.3) is 0 Å². The van der Waals surface area contributed by atoms with Crippen LogP contribution in [0.3, 0.4) is 0 Å². The first-order valence-electron chi connectivity index (χ1n) is 6.24. The zero-order chi connectivity index (χ0) is 11.0. The second-order valence-corrected chi connectivity index (χ2v) is 5.48. The Bertz CT molecular complexity index is 124. The van der Waals surface area contributed by atoms with Gasteiger partial charge in [-0.05, 0) is 32.6 Å². The monoisotopic (exact) mass is 199 g/mol. The minimum Gasteiger partial charge on any atom is -0.326 e. The average molecular weight is 199 g/mol. The first kappa shape index (κ1) is 14.0. The molecule has 0 amide bonds. The van der Waals surface area contributed by atoms with Crippen molar-refractivity contribution >= 4 is 0 Å². The predicted molar refractivity (Wildman–Crippen MR) is 65.4 cm³/mol. The Hall–Kier alpha value is -0.0400. The Balaban J connectivity index is 3.32. The Morgan fingerprint density at radius 2 is 1.71 bits per heavy atom. The van der Waals surface area contributed by atoms with Crippen LogP contribution in [-0.4, -0.2) is 5.54 Å². The third-order valence-corrected chi connectivity index (χ3v) is 2.83. The molecule has 0 aromatic carbocycles. The number of nitrogens with two attached hydrogens (primary N) is 1. The molecule has 1 heteroatoms. The second kappa shape index (κ2) is 7.28. The van der Waals surface area contributed by atoms with Crippen molar-refractivity contribution in [2.45, 2.75) is 78.2 Å². The quantitative estimate of drug-likeness (QED) is 0.585. The molecule has 0 aliphatic heterocycles. The van der Waals surface area contributed by atoms with Gasteiger partial charge in [0, 0.05) is 5.54 Å². The molecule has 1 atom stereocenters. The van der Waals surface area contributed by atoms with Gasteiger partial charge >= 0.3 is 0 Å². The van der Waals surface area contributed by atoms with Crippen LogP contribution in [0.2, 0.25) is 0 Å². The third-order valence-electron chi connectivity index (χ3n) is 2.83. The number of unbranched alkanes of at least 4 members (excludes halogenated alkanes) is 3. The maximum atomic E-state index is 5.96. The van der Waals surface area contributed by atoms with Crippen LogP contribution in [0.5, 0.6) is 0 Å². The molecule has 0 aromatic rings. The van der Waals surface area contributed by atoms with Gasteiger partial charge in [0.2, 0.25) is 0 Å². The van der Waals surface area contributed by atoms with E-state index < -0.39 is 0 Å². The van der Waals surface area contributed by atoms with Crippen molar-refractivity contribution in [3.63, 3.8) is 0 Å². The van der Waals surface area contributed by atoms with Crippen LogP contribution in [0.1, 0.15) is 72.6 Å². The molecule has 0 saturated heterocycles. The summed E-state index contributed by atoms with van der Waals surface area (Å²) >= 11 is 0. The van der Waals surface area contributed by atoms with Gasteiger partial charge in [0.05, 0.1) is 0 Å². The first-order chi connectivity index (χ1) is 6.45. The van der Waals surface area contributed by atoms with E-state index in [0.717, 1.165) is 12.3 Å². The molecule has 0 fully saturated rings. The Kier molecular flexibility index (Phi) is 7.26. The molecular formula is C13H29N. The summed E-state index contributed by atoms with van der Waals surface area (Å²) in [7, 11) is 0. The Labute approximate surface area is 90.5 Å². The lowest BCUT2D eigenvalue weighted by Gasteiger charge is -2.20. The van der Waals surface area contributed by atoms with Crippen molar-refractivity contribution in [3.8, 4) is 0 Å². The maximum Gasteiger partial charge on any atom is 0.00971 e. The van der Waals surface area contributed by atoms with E-state index in [-0.39, 0.29) is 5.54 Å². The molecular weight excluding hydrogens is 170 g/mol. The maximum absolute atomic E-state index is 5.96. The van der Waals surface area contributed by atoms with Gasteiger partial charge in [0.1, 0.15) is 0 Å². The van der Waals surface area contributed by atoms with E-state index in [9.17, 15) is 0 Å². The zero-order valence-corrected chi connectivity index (χ0v) is 10.6. The van der Waals surface area contributed by atoms with Gasteiger partial charge in [-0.1, -0.05) is 46.0 Å². The molecule has 0 rings (SSSR count). The summed E-state index contributed by atoms with van der Waals surface area (Å²) < 4.78 is 0. The topological polar surface area (TPSA) is 26.0 Å². The summed E-state index contributed by atoms with van der Waals surface area (Å²) in [5.74, 6) is 0.856. The van der Waals surface area contributed by atoms with E-state index >= 15 is 0 Å². The lowest BCUT2D eigenvalue weighted by atomic mass is 9.91. The van der Waals surface area contributed by atoms with Gasteiger partial charge in [-0.2, -0.15) is 0 Å². The van der Waals surface area contributed by atoms with Crippen molar-refractivity contribution < 1.29 is 0 Å². The van der Waals surface area contributed by atoms with Crippen molar-refractivity contribution in [3.05, 3.63) is 0 Å². The summed E-state index contributed by atoms with van der Waals surface area (Å²) in [5, 5.41) is 0. The minimum absolute atomic E-state index is 0.0255. The van der Waals surface area contributed by atoms with E-state index in [1.165, 1.54) is 38.5 Å². The Morgan fingerprint density at radius 1 is 1.07 bits per heavy atom. The molecule has 14 heavy (non-hydrogen) atoms. The molecule has 0 bridgehead atoms. The van der Waals surface area contributed by atoms with Crippen molar-refractivity contribution in [2.24, 2.45) is 11.7 Å². The molecule has 1 nitrogen and oxygen atoms in total. The SMILES string of the molecule is CCCCCCC(C)CCC(C)(C)N. The van der Waals surface area contributed by atoms with E-state index in [1.807, 2.05) is 0 Å². The summed E-state index contributed by atoms with van der Waals surface area (Å²) in [4.78, 5) is 0. The van der Waals surface area contributed by atoms with E-state index in [0.29, 0.717) is 0 Å². The highest BCUT2D eigenvalue weighted by molar-refractivity contribution is 4.72. The second-order valence-electron chi connectivity index (χ2n) is 5.48. The highest BCUT2D eigenvalue weighted by Crippen LogP contribution is 2.19. The van der Waals surface area contributed by atoms with Gasteiger partial charge < -0.3 is 5.73 Å². The van der Waals surface area contributed by atoms with Crippen molar-refractivity contribution in [1.82, 2.24) is 0 Å². The largest absolute Gasteiger partial charge is 0.326 e. The predicted octanol–water partition coefficient (Wildman–Crippen LogP) is 4.11. The molecule has 0 aliphatic rings. The number of rotatable bonds is 8. The standard InChI is InChI=1S/C13H29N/c1-5-6-7-8-9-12(2)10-11-13(3,4)14/h12H,5-11,14H2,1-4H3. The van der Waals surface area contributed by atoms with Crippen LogP contribution < -0.4 is 5.73 Å². The summed E-state index contributed by atoms with van der Waals surface area (Å²) in [6.07, 6.45) is 9.37. The fourth-order valence-corrected chi connectivity index (χ4v) is 1.68. The fourth-order valence-electron chi connectivity index (χ4n) is 1.68. The first-order valence-corrected chi connectivity index (χ1v) is 6.24. The number of hydrogen-bond donors (Lipinski definition) is 1. The highest BCUT2D eigenvalue weighted by Gasteiger charge is 2.12. The van der Waals surface area contributed by atoms with Crippen molar-refractivity contribution in [2.75, 3.05) is 0 Å². The smallest absolute Gasteiger partial charge is 0.00971 e. The normalized spacial score (nSPS) is 14.4. The van der Waals surface area contributed by atoms with Crippen LogP contribution in [0.4, 0.5) is 0 Å². The molecule has 0 aromatic heterocycles. The van der Waals surface area contributed by atoms with Gasteiger partial charge in [0.25, 0.3) is 0 Å². The highest BCUT2D eigenvalue weighted by atomic mass is 14.7. The average Bonchev–Trinajstić information content (AvgIpc) is 2.08. The van der Waals surface area contributed by atoms with Gasteiger partial charge in [-0.15, -0.1) is 0 Å². The third kappa shape index (κ3) is 10.0. The molecule has 0 heterocycles. The molecule has 86 valence electrons. The molecule has 2 N–H and O–H groups in total. The lowest BCUT2D eigenvalue weighted by Crippen LogP contribution is -2.32. The van der Waals surface area contributed by atoms with Gasteiger partial charge in [-0.3, -0.25) is 0 Å². The molecule has 0 radical (unpaired) electrons. The van der Waals surface area contributed by atoms with Crippen LogP contribution in [0, 0.1) is 5.92 Å². The van der Waals surface area contributed by atoms with Crippen LogP contribution >= 0.6 is 0 Å². The van der Waals surface area contributed by atoms with Gasteiger partial charge in [0.15, 0.2) is 0 Å². The summed E-state index contributed by atoms with van der Waals surface area (Å²) in [6.45, 7) is 8.87. The molecule has 0 aliphatic carbocycles. The van der Waals surface area contributed by atoms with Gasteiger partial charge in [-0.25, -0.2) is 0 Å².